The summed E-state index contributed by atoms with van der Waals surface area (Å²) >= 11 is 5.75. The van der Waals surface area contributed by atoms with E-state index < -0.39 is 23.4 Å². The molecule has 1 aromatic heterocycles. The van der Waals surface area contributed by atoms with E-state index >= 15 is 0 Å². The molecule has 2 fully saturated rings. The van der Waals surface area contributed by atoms with Gasteiger partial charge in [0, 0.05) is 38.7 Å². The molecule has 0 aliphatic carbocycles. The Balaban J connectivity index is 1.41. The standard InChI is InChI=1S/C21H19ClF3N3O3/c22-17-6-5-14(11-26-17)18(29)27-9-7-20(8-10-27)13-28(19(30)31-20)12-15-3-1-2-4-16(15)21(23,24)25/h1-6,11H,7-10,12-13H2. The van der Waals surface area contributed by atoms with E-state index in [1.165, 1.54) is 35.4 Å². The average Bonchev–Trinajstić information content (AvgIpc) is 3.03. The van der Waals surface area contributed by atoms with Gasteiger partial charge in [-0.05, 0) is 23.8 Å². The van der Waals surface area contributed by atoms with Gasteiger partial charge in [-0.1, -0.05) is 29.8 Å². The third-order valence-electron chi connectivity index (χ3n) is 5.66. The molecule has 2 saturated heterocycles. The zero-order valence-electron chi connectivity index (χ0n) is 16.4. The van der Waals surface area contributed by atoms with Gasteiger partial charge in [0.1, 0.15) is 10.8 Å². The second kappa shape index (κ2) is 8.03. The Morgan fingerprint density at radius 3 is 2.52 bits per heavy atom. The minimum absolute atomic E-state index is 0.0202. The molecule has 1 spiro atoms. The van der Waals surface area contributed by atoms with Crippen molar-refractivity contribution in [2.45, 2.75) is 31.2 Å². The molecule has 2 aliphatic heterocycles. The van der Waals surface area contributed by atoms with Crippen molar-refractivity contribution in [3.8, 4) is 0 Å². The summed E-state index contributed by atoms with van der Waals surface area (Å²) in [6, 6.07) is 8.33. The zero-order chi connectivity index (χ0) is 22.2. The Morgan fingerprint density at radius 2 is 1.87 bits per heavy atom. The topological polar surface area (TPSA) is 62.7 Å². The molecular weight excluding hydrogens is 435 g/mol. The number of halogens is 4. The number of hydrogen-bond acceptors (Lipinski definition) is 4. The molecule has 6 nitrogen and oxygen atoms in total. The van der Waals surface area contributed by atoms with Crippen LogP contribution in [0.15, 0.2) is 42.6 Å². The fourth-order valence-corrected chi connectivity index (χ4v) is 4.13. The van der Waals surface area contributed by atoms with Crippen molar-refractivity contribution in [3.05, 3.63) is 64.4 Å². The van der Waals surface area contributed by atoms with Crippen LogP contribution in [0.5, 0.6) is 0 Å². The molecular formula is C21H19ClF3N3O3. The second-order valence-electron chi connectivity index (χ2n) is 7.72. The minimum Gasteiger partial charge on any atom is -0.441 e. The van der Waals surface area contributed by atoms with Gasteiger partial charge in [0.05, 0.1) is 17.7 Å². The van der Waals surface area contributed by atoms with Gasteiger partial charge in [0.2, 0.25) is 0 Å². The molecule has 0 bridgehead atoms. The molecule has 2 amide bonds. The summed E-state index contributed by atoms with van der Waals surface area (Å²) in [6.07, 6.45) is -2.92. The van der Waals surface area contributed by atoms with E-state index in [1.807, 2.05) is 0 Å². The van der Waals surface area contributed by atoms with Crippen LogP contribution in [0.2, 0.25) is 5.15 Å². The number of carbonyl (C=O) groups excluding carboxylic acids is 2. The number of pyridine rings is 1. The fourth-order valence-electron chi connectivity index (χ4n) is 4.02. The number of rotatable bonds is 3. The first kappa shape index (κ1) is 21.4. The van der Waals surface area contributed by atoms with E-state index in [4.69, 9.17) is 16.3 Å². The lowest BCUT2D eigenvalue weighted by molar-refractivity contribution is -0.138. The lowest BCUT2D eigenvalue weighted by Gasteiger charge is -2.37. The molecule has 4 rings (SSSR count). The van der Waals surface area contributed by atoms with Crippen LogP contribution in [0.4, 0.5) is 18.0 Å². The summed E-state index contributed by atoms with van der Waals surface area (Å²) in [5, 5.41) is 0.291. The monoisotopic (exact) mass is 453 g/mol. The predicted molar refractivity (Wildman–Crippen MR) is 105 cm³/mol. The van der Waals surface area contributed by atoms with E-state index in [-0.39, 0.29) is 24.6 Å². The Bertz CT molecular complexity index is 989. The molecule has 1 aromatic carbocycles. The van der Waals surface area contributed by atoms with Crippen molar-refractivity contribution in [2.24, 2.45) is 0 Å². The molecule has 164 valence electrons. The van der Waals surface area contributed by atoms with Gasteiger partial charge in [0.25, 0.3) is 5.91 Å². The van der Waals surface area contributed by atoms with Crippen LogP contribution in [0.25, 0.3) is 0 Å². The quantitative estimate of drug-likeness (QED) is 0.647. The number of ether oxygens (including phenoxy) is 1. The normalized spacial score (nSPS) is 18.4. The van der Waals surface area contributed by atoms with Crippen LogP contribution in [0.1, 0.15) is 34.3 Å². The smallest absolute Gasteiger partial charge is 0.416 e. The maximum absolute atomic E-state index is 13.3. The van der Waals surface area contributed by atoms with Crippen LogP contribution in [0.3, 0.4) is 0 Å². The van der Waals surface area contributed by atoms with E-state index in [0.717, 1.165) is 6.07 Å². The largest absolute Gasteiger partial charge is 0.441 e. The number of carbonyl (C=O) groups is 2. The van der Waals surface area contributed by atoms with Crippen LogP contribution >= 0.6 is 11.6 Å². The molecule has 31 heavy (non-hydrogen) atoms. The molecule has 3 heterocycles. The highest BCUT2D eigenvalue weighted by atomic mass is 35.5. The van der Waals surface area contributed by atoms with Crippen molar-refractivity contribution in [1.82, 2.24) is 14.8 Å². The molecule has 0 saturated carbocycles. The van der Waals surface area contributed by atoms with Crippen LogP contribution in [-0.4, -0.2) is 52.0 Å². The van der Waals surface area contributed by atoms with E-state index in [0.29, 0.717) is 36.6 Å². The average molecular weight is 454 g/mol. The van der Waals surface area contributed by atoms with Crippen molar-refractivity contribution in [1.29, 1.82) is 0 Å². The van der Waals surface area contributed by atoms with Crippen molar-refractivity contribution < 1.29 is 27.5 Å². The Hall–Kier alpha value is -2.81. The highest BCUT2D eigenvalue weighted by molar-refractivity contribution is 6.29. The molecule has 0 atom stereocenters. The summed E-state index contributed by atoms with van der Waals surface area (Å²) in [5.41, 5.74) is -1.14. The van der Waals surface area contributed by atoms with Crippen LogP contribution in [-0.2, 0) is 17.5 Å². The number of aromatic nitrogens is 1. The second-order valence-corrected chi connectivity index (χ2v) is 8.11. The number of likely N-dealkylation sites (tertiary alicyclic amines) is 1. The number of hydrogen-bond donors (Lipinski definition) is 0. The third-order valence-corrected chi connectivity index (χ3v) is 5.88. The van der Waals surface area contributed by atoms with Gasteiger partial charge >= 0.3 is 12.3 Å². The number of amides is 2. The third kappa shape index (κ3) is 4.46. The predicted octanol–water partition coefficient (Wildman–Crippen LogP) is 4.38. The van der Waals surface area contributed by atoms with Gasteiger partial charge in [-0.2, -0.15) is 13.2 Å². The summed E-state index contributed by atoms with van der Waals surface area (Å²) in [5.74, 6) is -0.195. The van der Waals surface area contributed by atoms with Gasteiger partial charge in [-0.3, -0.25) is 9.69 Å². The van der Waals surface area contributed by atoms with E-state index in [1.54, 1.807) is 11.0 Å². The highest BCUT2D eigenvalue weighted by Gasteiger charge is 2.48. The van der Waals surface area contributed by atoms with Crippen molar-refractivity contribution in [2.75, 3.05) is 19.6 Å². The van der Waals surface area contributed by atoms with E-state index in [2.05, 4.69) is 4.98 Å². The fraction of sp³-hybridized carbons (Fsp3) is 0.381. The summed E-state index contributed by atoms with van der Waals surface area (Å²) in [4.78, 5) is 31.9. The maximum Gasteiger partial charge on any atom is 0.416 e. The van der Waals surface area contributed by atoms with Crippen molar-refractivity contribution >= 4 is 23.6 Å². The summed E-state index contributed by atoms with van der Waals surface area (Å²) < 4.78 is 45.4. The Labute approximate surface area is 181 Å². The Kier molecular flexibility index (Phi) is 5.55. The van der Waals surface area contributed by atoms with Crippen LogP contribution in [0, 0.1) is 0 Å². The summed E-state index contributed by atoms with van der Waals surface area (Å²) in [7, 11) is 0. The van der Waals surface area contributed by atoms with Crippen LogP contribution < -0.4 is 0 Å². The Morgan fingerprint density at radius 1 is 1.16 bits per heavy atom. The van der Waals surface area contributed by atoms with Gasteiger partial charge < -0.3 is 9.64 Å². The number of piperidine rings is 1. The van der Waals surface area contributed by atoms with Gasteiger partial charge in [-0.15, -0.1) is 0 Å². The first-order chi connectivity index (χ1) is 14.7. The highest BCUT2D eigenvalue weighted by Crippen LogP contribution is 2.37. The number of benzene rings is 1. The number of nitrogens with zero attached hydrogens (tertiary/aromatic N) is 3. The van der Waals surface area contributed by atoms with Crippen molar-refractivity contribution in [3.63, 3.8) is 0 Å². The summed E-state index contributed by atoms with van der Waals surface area (Å²) in [6.45, 7) is 0.724. The van der Waals surface area contributed by atoms with E-state index in [9.17, 15) is 22.8 Å². The first-order valence-corrected chi connectivity index (χ1v) is 10.1. The van der Waals surface area contributed by atoms with Gasteiger partial charge in [-0.25, -0.2) is 9.78 Å². The molecule has 0 radical (unpaired) electrons. The molecule has 10 heteroatoms. The zero-order valence-corrected chi connectivity index (χ0v) is 17.1. The lowest BCUT2D eigenvalue weighted by atomic mass is 9.91. The SMILES string of the molecule is O=C1OC2(CCN(C(=O)c3ccc(Cl)nc3)CC2)CN1Cc1ccccc1C(F)(F)F. The molecule has 2 aromatic rings. The molecule has 0 N–H and O–H groups in total. The molecule has 0 unspecified atom stereocenters. The maximum atomic E-state index is 13.3. The molecule has 2 aliphatic rings. The first-order valence-electron chi connectivity index (χ1n) is 9.71. The minimum atomic E-state index is -4.50. The lowest BCUT2D eigenvalue weighted by Crippen LogP contribution is -2.48. The number of alkyl halides is 3. The van der Waals surface area contributed by atoms with Gasteiger partial charge in [0.15, 0.2) is 0 Å².